The lowest BCUT2D eigenvalue weighted by Crippen LogP contribution is -2.24. The Labute approximate surface area is 77.4 Å². The van der Waals surface area contributed by atoms with Crippen LogP contribution in [0.1, 0.15) is 21.7 Å². The van der Waals surface area contributed by atoms with Gasteiger partial charge in [-0.25, -0.2) is 0 Å². The van der Waals surface area contributed by atoms with Gasteiger partial charge in [-0.15, -0.1) is 6.58 Å². The SMILES string of the molecule is C=CCNC(=O)c1c(C)coc1C. The Morgan fingerprint density at radius 2 is 2.38 bits per heavy atom. The molecule has 1 amide bonds. The molecule has 1 heterocycles. The van der Waals surface area contributed by atoms with E-state index in [1.54, 1.807) is 19.3 Å². The summed E-state index contributed by atoms with van der Waals surface area (Å²) in [5.41, 5.74) is 1.49. The molecule has 0 spiro atoms. The number of carbonyl (C=O) groups is 1. The molecule has 1 aromatic rings. The number of aryl methyl sites for hydroxylation is 2. The Morgan fingerprint density at radius 1 is 1.69 bits per heavy atom. The molecule has 0 saturated heterocycles. The summed E-state index contributed by atoms with van der Waals surface area (Å²) in [4.78, 5) is 11.5. The number of carbonyl (C=O) groups excluding carboxylic acids is 1. The van der Waals surface area contributed by atoms with Crippen LogP contribution in [0.4, 0.5) is 0 Å². The van der Waals surface area contributed by atoms with Gasteiger partial charge in [-0.05, 0) is 13.8 Å². The largest absolute Gasteiger partial charge is 0.469 e. The maximum atomic E-state index is 11.5. The standard InChI is InChI=1S/C10H13NO2/c1-4-5-11-10(12)9-7(2)6-13-8(9)3/h4,6H,1,5H2,2-3H3,(H,11,12). The Kier molecular flexibility index (Phi) is 2.90. The minimum atomic E-state index is -0.108. The number of hydrogen-bond donors (Lipinski definition) is 1. The molecule has 3 nitrogen and oxygen atoms in total. The quantitative estimate of drug-likeness (QED) is 0.719. The van der Waals surface area contributed by atoms with Crippen molar-refractivity contribution >= 4 is 5.91 Å². The first-order chi connectivity index (χ1) is 6.16. The van der Waals surface area contributed by atoms with Crippen LogP contribution in [0.25, 0.3) is 0 Å². The first-order valence-corrected chi connectivity index (χ1v) is 4.10. The molecule has 0 bridgehead atoms. The van der Waals surface area contributed by atoms with E-state index in [1.165, 1.54) is 0 Å². The highest BCUT2D eigenvalue weighted by atomic mass is 16.3. The van der Waals surface area contributed by atoms with Crippen LogP contribution in [-0.2, 0) is 0 Å². The van der Waals surface area contributed by atoms with E-state index >= 15 is 0 Å². The van der Waals surface area contributed by atoms with Gasteiger partial charge >= 0.3 is 0 Å². The van der Waals surface area contributed by atoms with Crippen LogP contribution in [0.3, 0.4) is 0 Å². The van der Waals surface area contributed by atoms with E-state index in [0.29, 0.717) is 17.9 Å². The lowest BCUT2D eigenvalue weighted by atomic mass is 10.1. The maximum absolute atomic E-state index is 11.5. The van der Waals surface area contributed by atoms with Crippen LogP contribution in [0.2, 0.25) is 0 Å². The zero-order chi connectivity index (χ0) is 9.84. The van der Waals surface area contributed by atoms with Crippen molar-refractivity contribution in [1.29, 1.82) is 0 Å². The fraction of sp³-hybridized carbons (Fsp3) is 0.300. The molecule has 13 heavy (non-hydrogen) atoms. The first kappa shape index (κ1) is 9.58. The van der Waals surface area contributed by atoms with Crippen molar-refractivity contribution in [2.75, 3.05) is 6.54 Å². The minimum absolute atomic E-state index is 0.108. The molecule has 70 valence electrons. The van der Waals surface area contributed by atoms with Gasteiger partial charge in [0.1, 0.15) is 5.76 Å². The lowest BCUT2D eigenvalue weighted by Gasteiger charge is -2.01. The highest BCUT2D eigenvalue weighted by molar-refractivity contribution is 5.96. The second-order valence-electron chi connectivity index (χ2n) is 2.85. The molecule has 1 aromatic heterocycles. The minimum Gasteiger partial charge on any atom is -0.469 e. The van der Waals surface area contributed by atoms with Gasteiger partial charge in [0.2, 0.25) is 0 Å². The third-order valence-electron chi connectivity index (χ3n) is 1.79. The van der Waals surface area contributed by atoms with Crippen LogP contribution in [0, 0.1) is 13.8 Å². The first-order valence-electron chi connectivity index (χ1n) is 4.10. The van der Waals surface area contributed by atoms with Crippen molar-refractivity contribution in [3.05, 3.63) is 35.8 Å². The van der Waals surface area contributed by atoms with Crippen molar-refractivity contribution in [1.82, 2.24) is 5.32 Å². The van der Waals surface area contributed by atoms with Crippen molar-refractivity contribution in [2.45, 2.75) is 13.8 Å². The van der Waals surface area contributed by atoms with Crippen LogP contribution in [0.5, 0.6) is 0 Å². The summed E-state index contributed by atoms with van der Waals surface area (Å²) in [6, 6.07) is 0. The normalized spacial score (nSPS) is 9.69. The second kappa shape index (κ2) is 3.94. The monoisotopic (exact) mass is 179 g/mol. The molecule has 0 saturated carbocycles. The van der Waals surface area contributed by atoms with Crippen molar-refractivity contribution in [2.24, 2.45) is 0 Å². The molecule has 1 N–H and O–H groups in total. The number of hydrogen-bond acceptors (Lipinski definition) is 2. The molecule has 0 aliphatic heterocycles. The summed E-state index contributed by atoms with van der Waals surface area (Å²) >= 11 is 0. The smallest absolute Gasteiger partial charge is 0.255 e. The Morgan fingerprint density at radius 3 is 2.85 bits per heavy atom. The summed E-state index contributed by atoms with van der Waals surface area (Å²) in [5, 5.41) is 2.70. The number of furan rings is 1. The van der Waals surface area contributed by atoms with Crippen molar-refractivity contribution < 1.29 is 9.21 Å². The van der Waals surface area contributed by atoms with Crippen molar-refractivity contribution in [3.63, 3.8) is 0 Å². The Bertz CT molecular complexity index is 306. The van der Waals surface area contributed by atoms with E-state index in [-0.39, 0.29) is 5.91 Å². The van der Waals surface area contributed by atoms with E-state index in [2.05, 4.69) is 11.9 Å². The topological polar surface area (TPSA) is 42.2 Å². The third-order valence-corrected chi connectivity index (χ3v) is 1.79. The molecule has 0 aliphatic carbocycles. The lowest BCUT2D eigenvalue weighted by molar-refractivity contribution is 0.0956. The molecule has 1 rings (SSSR count). The predicted octanol–water partition coefficient (Wildman–Crippen LogP) is 1.81. The number of nitrogens with one attached hydrogen (secondary N) is 1. The van der Waals surface area contributed by atoms with Crippen molar-refractivity contribution in [3.8, 4) is 0 Å². The maximum Gasteiger partial charge on any atom is 0.255 e. The molecule has 0 radical (unpaired) electrons. The van der Waals surface area contributed by atoms with Gasteiger partial charge in [0, 0.05) is 12.1 Å². The summed E-state index contributed by atoms with van der Waals surface area (Å²) < 4.78 is 5.11. The van der Waals surface area contributed by atoms with Gasteiger partial charge in [0.15, 0.2) is 0 Å². The summed E-state index contributed by atoms with van der Waals surface area (Å²) in [5.74, 6) is 0.544. The predicted molar refractivity (Wildman–Crippen MR) is 50.7 cm³/mol. The molecule has 0 unspecified atom stereocenters. The molecule has 0 atom stereocenters. The van der Waals surface area contributed by atoms with Crippen LogP contribution in [-0.4, -0.2) is 12.5 Å². The van der Waals surface area contributed by atoms with Gasteiger partial charge in [-0.2, -0.15) is 0 Å². The van der Waals surface area contributed by atoms with Gasteiger partial charge in [0.05, 0.1) is 11.8 Å². The second-order valence-corrected chi connectivity index (χ2v) is 2.85. The zero-order valence-electron chi connectivity index (χ0n) is 7.89. The van der Waals surface area contributed by atoms with E-state index < -0.39 is 0 Å². The fourth-order valence-electron chi connectivity index (χ4n) is 1.16. The molecular weight excluding hydrogens is 166 g/mol. The molecule has 0 aromatic carbocycles. The average molecular weight is 179 g/mol. The van der Waals surface area contributed by atoms with Crippen LogP contribution in [0.15, 0.2) is 23.3 Å². The summed E-state index contributed by atoms with van der Waals surface area (Å²) in [7, 11) is 0. The molecular formula is C10H13NO2. The van der Waals surface area contributed by atoms with E-state index in [4.69, 9.17) is 4.42 Å². The van der Waals surface area contributed by atoms with Crippen LogP contribution < -0.4 is 5.32 Å². The third kappa shape index (κ3) is 1.99. The van der Waals surface area contributed by atoms with E-state index in [9.17, 15) is 4.79 Å². The molecule has 0 fully saturated rings. The van der Waals surface area contributed by atoms with E-state index in [0.717, 1.165) is 5.56 Å². The van der Waals surface area contributed by atoms with Gasteiger partial charge in [0.25, 0.3) is 5.91 Å². The summed E-state index contributed by atoms with van der Waals surface area (Å²) in [6.07, 6.45) is 3.22. The fourth-order valence-corrected chi connectivity index (χ4v) is 1.16. The van der Waals surface area contributed by atoms with Gasteiger partial charge in [-0.3, -0.25) is 4.79 Å². The zero-order valence-corrected chi connectivity index (χ0v) is 7.89. The number of amides is 1. The van der Waals surface area contributed by atoms with Gasteiger partial charge < -0.3 is 9.73 Å². The number of rotatable bonds is 3. The average Bonchev–Trinajstić information content (AvgIpc) is 2.42. The molecule has 3 heteroatoms. The van der Waals surface area contributed by atoms with E-state index in [1.807, 2.05) is 6.92 Å². The van der Waals surface area contributed by atoms with Crippen LogP contribution >= 0.6 is 0 Å². The molecule has 0 aliphatic rings. The summed E-state index contributed by atoms with van der Waals surface area (Å²) in [6.45, 7) is 7.62. The Balaban J connectivity index is 2.81. The Hall–Kier alpha value is -1.51. The highest BCUT2D eigenvalue weighted by Gasteiger charge is 2.13. The van der Waals surface area contributed by atoms with Gasteiger partial charge in [-0.1, -0.05) is 6.08 Å². The highest BCUT2D eigenvalue weighted by Crippen LogP contribution is 2.14.